The smallest absolute Gasteiger partial charge is 0.302 e. The minimum absolute atomic E-state index is 0.0756. The zero-order chi connectivity index (χ0) is 26.6. The summed E-state index contributed by atoms with van der Waals surface area (Å²) in [5, 5.41) is 0. The fraction of sp³-hybridized carbons (Fsp3) is 0.387. The quantitative estimate of drug-likeness (QED) is 0.257. The molecule has 3 aromatic carbocycles. The first-order valence-electron chi connectivity index (χ1n) is 13.0. The lowest BCUT2D eigenvalue weighted by Crippen LogP contribution is -2.60. The molecule has 4 rings (SSSR count). The van der Waals surface area contributed by atoms with E-state index in [1.54, 1.807) is 11.8 Å². The van der Waals surface area contributed by atoms with Crippen LogP contribution < -0.4 is 0 Å². The number of rotatable bonds is 13. The highest BCUT2D eigenvalue weighted by atomic mass is 32.2. The molecule has 0 saturated carbocycles. The van der Waals surface area contributed by atoms with Crippen LogP contribution in [0.15, 0.2) is 91.0 Å². The number of carbonyl (C=O) groups excluding carboxylic acids is 1. The van der Waals surface area contributed by atoms with Crippen LogP contribution in [-0.2, 0) is 48.3 Å². The van der Waals surface area contributed by atoms with Crippen LogP contribution in [0.4, 0.5) is 0 Å². The topological polar surface area (TPSA) is 63.2 Å². The fourth-order valence-corrected chi connectivity index (χ4v) is 5.35. The standard InChI is InChI=1S/C31H36O6S/c1-3-38-31-30(36-21-26-17-11-6-12-18-26)29(35-20-25-15-9-5-10-16-25)28(27(37-31)22-33-23(2)32)34-19-24-13-7-4-8-14-24/h4-18,27-31H,3,19-22H2,1-2H3/t27-,28-,29+,30+,31-/m1/s1. The molecule has 0 bridgehead atoms. The Morgan fingerprint density at radius 1 is 0.711 bits per heavy atom. The van der Waals surface area contributed by atoms with Crippen molar-refractivity contribution < 1.29 is 28.5 Å². The molecule has 1 saturated heterocycles. The number of ether oxygens (including phenoxy) is 5. The number of carbonyl (C=O) groups is 1. The molecule has 0 amide bonds. The molecule has 1 heterocycles. The largest absolute Gasteiger partial charge is 0.463 e. The average molecular weight is 537 g/mol. The highest BCUT2D eigenvalue weighted by molar-refractivity contribution is 7.99. The normalized spacial score (nSPS) is 23.2. The molecule has 1 fully saturated rings. The minimum atomic E-state index is -0.521. The Morgan fingerprint density at radius 2 is 1.16 bits per heavy atom. The molecule has 6 nitrogen and oxygen atoms in total. The van der Waals surface area contributed by atoms with Gasteiger partial charge in [0.25, 0.3) is 0 Å². The van der Waals surface area contributed by atoms with Gasteiger partial charge in [0.1, 0.15) is 36.5 Å². The summed E-state index contributed by atoms with van der Waals surface area (Å²) in [5.41, 5.74) is 2.84. The monoisotopic (exact) mass is 536 g/mol. The molecule has 0 aliphatic carbocycles. The predicted octanol–water partition coefficient (Wildman–Crippen LogP) is 5.78. The molecule has 0 radical (unpaired) electrons. The summed E-state index contributed by atoms with van der Waals surface area (Å²) in [6.45, 7) is 4.74. The van der Waals surface area contributed by atoms with Crippen molar-refractivity contribution in [3.8, 4) is 0 Å². The van der Waals surface area contributed by atoms with Crippen molar-refractivity contribution in [2.24, 2.45) is 0 Å². The van der Waals surface area contributed by atoms with Gasteiger partial charge < -0.3 is 23.7 Å². The van der Waals surface area contributed by atoms with E-state index in [1.165, 1.54) is 6.92 Å². The van der Waals surface area contributed by atoms with Crippen LogP contribution in [-0.4, -0.2) is 48.2 Å². The van der Waals surface area contributed by atoms with E-state index in [0.717, 1.165) is 22.4 Å². The molecule has 202 valence electrons. The molecule has 38 heavy (non-hydrogen) atoms. The Hall–Kier alpha value is -2.68. The summed E-state index contributed by atoms with van der Waals surface area (Å²) in [7, 11) is 0. The Labute approximate surface area is 229 Å². The van der Waals surface area contributed by atoms with Crippen LogP contribution in [0.5, 0.6) is 0 Å². The summed E-state index contributed by atoms with van der Waals surface area (Å²) in [4.78, 5) is 11.7. The summed E-state index contributed by atoms with van der Waals surface area (Å²) < 4.78 is 31.6. The second-order valence-electron chi connectivity index (χ2n) is 9.08. The number of esters is 1. The third-order valence-electron chi connectivity index (χ3n) is 6.23. The van der Waals surface area contributed by atoms with Crippen molar-refractivity contribution in [3.63, 3.8) is 0 Å². The maximum atomic E-state index is 11.7. The number of thioether (sulfide) groups is 1. The van der Waals surface area contributed by atoms with Crippen LogP contribution in [0.1, 0.15) is 30.5 Å². The Morgan fingerprint density at radius 3 is 1.61 bits per heavy atom. The van der Waals surface area contributed by atoms with E-state index in [4.69, 9.17) is 23.7 Å². The van der Waals surface area contributed by atoms with E-state index in [0.29, 0.717) is 19.8 Å². The van der Waals surface area contributed by atoms with Crippen LogP contribution in [0.2, 0.25) is 0 Å². The van der Waals surface area contributed by atoms with E-state index in [-0.39, 0.29) is 18.0 Å². The molecule has 3 aromatic rings. The maximum absolute atomic E-state index is 11.7. The van der Waals surface area contributed by atoms with Gasteiger partial charge in [-0.15, -0.1) is 11.8 Å². The maximum Gasteiger partial charge on any atom is 0.302 e. The van der Waals surface area contributed by atoms with Gasteiger partial charge in [0.05, 0.1) is 19.8 Å². The van der Waals surface area contributed by atoms with Crippen LogP contribution in [0, 0.1) is 0 Å². The van der Waals surface area contributed by atoms with Gasteiger partial charge in [0.2, 0.25) is 0 Å². The first-order valence-corrected chi connectivity index (χ1v) is 14.1. The van der Waals surface area contributed by atoms with Gasteiger partial charge in [-0.25, -0.2) is 0 Å². The summed E-state index contributed by atoms with van der Waals surface area (Å²) in [6, 6.07) is 30.1. The lowest BCUT2D eigenvalue weighted by Gasteiger charge is -2.45. The molecule has 0 spiro atoms. The zero-order valence-corrected chi connectivity index (χ0v) is 22.8. The predicted molar refractivity (Wildman–Crippen MR) is 148 cm³/mol. The van der Waals surface area contributed by atoms with E-state index >= 15 is 0 Å². The van der Waals surface area contributed by atoms with Crippen molar-refractivity contribution >= 4 is 17.7 Å². The van der Waals surface area contributed by atoms with Gasteiger partial charge in [-0.05, 0) is 22.4 Å². The molecular weight excluding hydrogens is 500 g/mol. The molecule has 1 aliphatic rings. The molecule has 0 N–H and O–H groups in total. The number of hydrogen-bond donors (Lipinski definition) is 0. The number of benzene rings is 3. The van der Waals surface area contributed by atoms with E-state index < -0.39 is 24.4 Å². The van der Waals surface area contributed by atoms with Crippen LogP contribution >= 0.6 is 11.8 Å². The molecule has 1 aliphatic heterocycles. The van der Waals surface area contributed by atoms with E-state index in [1.807, 2.05) is 91.0 Å². The molecule has 0 aromatic heterocycles. The van der Waals surface area contributed by atoms with Gasteiger partial charge in [-0.2, -0.15) is 0 Å². The Kier molecular flexibility index (Phi) is 11.2. The third kappa shape index (κ3) is 8.41. The van der Waals surface area contributed by atoms with Gasteiger partial charge in [0.15, 0.2) is 0 Å². The van der Waals surface area contributed by atoms with Crippen molar-refractivity contribution in [3.05, 3.63) is 108 Å². The summed E-state index contributed by atoms with van der Waals surface area (Å²) in [5.74, 6) is 0.469. The van der Waals surface area contributed by atoms with Crippen LogP contribution in [0.25, 0.3) is 0 Å². The second kappa shape index (κ2) is 15.0. The third-order valence-corrected chi connectivity index (χ3v) is 7.27. The molecule has 0 unspecified atom stereocenters. The van der Waals surface area contributed by atoms with Gasteiger partial charge in [-0.3, -0.25) is 4.79 Å². The van der Waals surface area contributed by atoms with Crippen LogP contribution in [0.3, 0.4) is 0 Å². The average Bonchev–Trinajstić information content (AvgIpc) is 2.95. The van der Waals surface area contributed by atoms with Crippen molar-refractivity contribution in [2.75, 3.05) is 12.4 Å². The zero-order valence-electron chi connectivity index (χ0n) is 21.9. The van der Waals surface area contributed by atoms with E-state index in [9.17, 15) is 4.79 Å². The number of hydrogen-bond acceptors (Lipinski definition) is 7. The first kappa shape index (κ1) is 28.3. The highest BCUT2D eigenvalue weighted by Crippen LogP contribution is 2.35. The van der Waals surface area contributed by atoms with Gasteiger partial charge in [0, 0.05) is 6.92 Å². The second-order valence-corrected chi connectivity index (χ2v) is 10.5. The van der Waals surface area contributed by atoms with Crippen molar-refractivity contribution in [1.29, 1.82) is 0 Å². The Balaban J connectivity index is 1.62. The fourth-order valence-electron chi connectivity index (χ4n) is 4.38. The van der Waals surface area contributed by atoms with Crippen molar-refractivity contribution in [1.82, 2.24) is 0 Å². The minimum Gasteiger partial charge on any atom is -0.463 e. The molecule has 5 atom stereocenters. The lowest BCUT2D eigenvalue weighted by atomic mass is 9.99. The van der Waals surface area contributed by atoms with Gasteiger partial charge in [-0.1, -0.05) is 97.9 Å². The Bertz CT molecular complexity index is 1080. The first-order chi connectivity index (χ1) is 18.6. The summed E-state index contributed by atoms with van der Waals surface area (Å²) in [6.07, 6.45) is -1.89. The van der Waals surface area contributed by atoms with E-state index in [2.05, 4.69) is 6.92 Å². The lowest BCUT2D eigenvalue weighted by molar-refractivity contribution is -0.253. The molecular formula is C31H36O6S. The van der Waals surface area contributed by atoms with Gasteiger partial charge >= 0.3 is 5.97 Å². The summed E-state index contributed by atoms with van der Waals surface area (Å²) >= 11 is 1.65. The van der Waals surface area contributed by atoms with Crippen molar-refractivity contribution in [2.45, 2.75) is 63.5 Å². The highest BCUT2D eigenvalue weighted by Gasteiger charge is 2.48. The molecule has 7 heteroatoms. The SMILES string of the molecule is CCS[C@H]1O[C@H](COC(C)=O)[C@@H](OCc2ccccc2)[C@H](OCc2ccccc2)[C@@H]1OCc1ccccc1.